The molecule has 0 radical (unpaired) electrons. The maximum absolute atomic E-state index is 13.9. The average Bonchev–Trinajstić information content (AvgIpc) is 2.49. The third-order valence-electron chi connectivity index (χ3n) is 2.97. The van der Waals surface area contributed by atoms with E-state index in [-0.39, 0.29) is 5.82 Å². The largest absolute Gasteiger partial charge is 0.313 e. The van der Waals surface area contributed by atoms with Gasteiger partial charge in [0.25, 0.3) is 0 Å². The SMILES string of the molecule is CCCNCc1ccc(F)c(-c2cncc(C#N)c2)c1. The molecule has 2 rings (SSSR count). The molecule has 4 heteroatoms. The number of hydrogen-bond acceptors (Lipinski definition) is 3. The number of halogens is 1. The molecule has 0 saturated carbocycles. The van der Waals surface area contributed by atoms with Crippen LogP contribution in [-0.2, 0) is 6.54 Å². The van der Waals surface area contributed by atoms with Gasteiger partial charge in [-0.1, -0.05) is 13.0 Å². The highest BCUT2D eigenvalue weighted by Gasteiger charge is 2.07. The monoisotopic (exact) mass is 269 g/mol. The molecule has 1 N–H and O–H groups in total. The van der Waals surface area contributed by atoms with E-state index in [1.807, 2.05) is 6.07 Å². The van der Waals surface area contributed by atoms with Crippen LogP contribution < -0.4 is 5.32 Å². The Labute approximate surface area is 118 Å². The molecule has 0 atom stereocenters. The van der Waals surface area contributed by atoms with Gasteiger partial charge >= 0.3 is 0 Å². The second-order valence-electron chi connectivity index (χ2n) is 4.57. The molecule has 0 fully saturated rings. The normalized spacial score (nSPS) is 10.2. The average molecular weight is 269 g/mol. The molecule has 0 saturated heterocycles. The number of nitriles is 1. The van der Waals surface area contributed by atoms with Crippen molar-refractivity contribution in [3.05, 3.63) is 53.6 Å². The van der Waals surface area contributed by atoms with Crippen molar-refractivity contribution in [2.24, 2.45) is 0 Å². The summed E-state index contributed by atoms with van der Waals surface area (Å²) in [5, 5.41) is 12.2. The van der Waals surface area contributed by atoms with Gasteiger partial charge in [-0.05, 0) is 36.7 Å². The molecular weight excluding hydrogens is 253 g/mol. The van der Waals surface area contributed by atoms with Crippen LogP contribution in [0.4, 0.5) is 4.39 Å². The summed E-state index contributed by atoms with van der Waals surface area (Å²) >= 11 is 0. The molecular formula is C16H16FN3. The summed E-state index contributed by atoms with van der Waals surface area (Å²) in [7, 11) is 0. The first kappa shape index (κ1) is 14.2. The highest BCUT2D eigenvalue weighted by molar-refractivity contribution is 5.65. The first-order chi connectivity index (χ1) is 9.74. The minimum Gasteiger partial charge on any atom is -0.313 e. The van der Waals surface area contributed by atoms with Crippen LogP contribution in [0.15, 0.2) is 36.7 Å². The predicted octanol–water partition coefficient (Wildman–Crippen LogP) is 3.26. The number of nitrogens with one attached hydrogen (secondary N) is 1. The third-order valence-corrected chi connectivity index (χ3v) is 2.97. The van der Waals surface area contributed by atoms with E-state index in [2.05, 4.69) is 17.2 Å². The lowest BCUT2D eigenvalue weighted by molar-refractivity contribution is 0.628. The highest BCUT2D eigenvalue weighted by atomic mass is 19.1. The van der Waals surface area contributed by atoms with Gasteiger partial charge in [-0.15, -0.1) is 0 Å². The van der Waals surface area contributed by atoms with Gasteiger partial charge in [0.1, 0.15) is 11.9 Å². The zero-order chi connectivity index (χ0) is 14.4. The maximum Gasteiger partial charge on any atom is 0.131 e. The lowest BCUT2D eigenvalue weighted by atomic mass is 10.0. The smallest absolute Gasteiger partial charge is 0.131 e. The van der Waals surface area contributed by atoms with Crippen molar-refractivity contribution in [3.63, 3.8) is 0 Å². The van der Waals surface area contributed by atoms with Gasteiger partial charge in [0.15, 0.2) is 0 Å². The molecule has 0 aliphatic rings. The predicted molar refractivity (Wildman–Crippen MR) is 76.3 cm³/mol. The summed E-state index contributed by atoms with van der Waals surface area (Å²) < 4.78 is 13.9. The Morgan fingerprint density at radius 1 is 1.30 bits per heavy atom. The molecule has 102 valence electrons. The Kier molecular flexibility index (Phi) is 4.80. The topological polar surface area (TPSA) is 48.7 Å². The summed E-state index contributed by atoms with van der Waals surface area (Å²) in [5.41, 5.74) is 2.54. The van der Waals surface area contributed by atoms with Gasteiger partial charge in [-0.3, -0.25) is 4.98 Å². The Morgan fingerprint density at radius 3 is 2.90 bits per heavy atom. The number of pyridine rings is 1. The zero-order valence-electron chi connectivity index (χ0n) is 11.4. The van der Waals surface area contributed by atoms with Crippen molar-refractivity contribution in [2.75, 3.05) is 6.54 Å². The number of rotatable bonds is 5. The highest BCUT2D eigenvalue weighted by Crippen LogP contribution is 2.24. The van der Waals surface area contributed by atoms with Gasteiger partial charge in [0.2, 0.25) is 0 Å². The van der Waals surface area contributed by atoms with Crippen LogP contribution in [0.2, 0.25) is 0 Å². The second-order valence-corrected chi connectivity index (χ2v) is 4.57. The summed E-state index contributed by atoms with van der Waals surface area (Å²) in [5.74, 6) is -0.305. The molecule has 1 aromatic carbocycles. The fraction of sp³-hybridized carbons (Fsp3) is 0.250. The number of nitrogens with zero attached hydrogens (tertiary/aromatic N) is 2. The summed E-state index contributed by atoms with van der Waals surface area (Å²) in [6, 6.07) is 8.69. The molecule has 0 aliphatic carbocycles. The zero-order valence-corrected chi connectivity index (χ0v) is 11.4. The molecule has 2 aromatic rings. The van der Waals surface area contributed by atoms with Crippen molar-refractivity contribution < 1.29 is 4.39 Å². The first-order valence-corrected chi connectivity index (χ1v) is 6.59. The molecule has 1 heterocycles. The molecule has 1 aromatic heterocycles. The van der Waals surface area contributed by atoms with Crippen LogP contribution in [0.5, 0.6) is 0 Å². The van der Waals surface area contributed by atoms with Crippen LogP contribution in [-0.4, -0.2) is 11.5 Å². The number of hydrogen-bond donors (Lipinski definition) is 1. The minimum atomic E-state index is -0.305. The molecule has 20 heavy (non-hydrogen) atoms. The summed E-state index contributed by atoms with van der Waals surface area (Å²) in [4.78, 5) is 3.97. The fourth-order valence-corrected chi connectivity index (χ4v) is 1.96. The number of aromatic nitrogens is 1. The molecule has 0 spiro atoms. The van der Waals surface area contributed by atoms with E-state index in [1.54, 1.807) is 24.4 Å². The van der Waals surface area contributed by atoms with E-state index < -0.39 is 0 Å². The fourth-order valence-electron chi connectivity index (χ4n) is 1.96. The van der Waals surface area contributed by atoms with Gasteiger partial charge in [-0.2, -0.15) is 5.26 Å². The van der Waals surface area contributed by atoms with Crippen molar-refractivity contribution >= 4 is 0 Å². The second kappa shape index (κ2) is 6.78. The van der Waals surface area contributed by atoms with E-state index in [9.17, 15) is 4.39 Å². The van der Waals surface area contributed by atoms with Crippen molar-refractivity contribution in [3.8, 4) is 17.2 Å². The molecule has 0 amide bonds. The Hall–Kier alpha value is -2.25. The van der Waals surface area contributed by atoms with Gasteiger partial charge in [0, 0.05) is 30.1 Å². The van der Waals surface area contributed by atoms with Crippen molar-refractivity contribution in [2.45, 2.75) is 19.9 Å². The summed E-state index contributed by atoms with van der Waals surface area (Å²) in [6.07, 6.45) is 4.10. The van der Waals surface area contributed by atoms with Crippen LogP contribution >= 0.6 is 0 Å². The van der Waals surface area contributed by atoms with E-state index in [0.29, 0.717) is 23.2 Å². The van der Waals surface area contributed by atoms with E-state index in [1.165, 1.54) is 12.3 Å². The first-order valence-electron chi connectivity index (χ1n) is 6.59. The summed E-state index contributed by atoms with van der Waals surface area (Å²) in [6.45, 7) is 3.73. The lowest BCUT2D eigenvalue weighted by Crippen LogP contribution is -2.13. The molecule has 3 nitrogen and oxygen atoms in total. The third kappa shape index (κ3) is 3.40. The van der Waals surface area contributed by atoms with Crippen LogP contribution in [0.1, 0.15) is 24.5 Å². The van der Waals surface area contributed by atoms with E-state index in [4.69, 9.17) is 5.26 Å². The Morgan fingerprint density at radius 2 is 2.15 bits per heavy atom. The lowest BCUT2D eigenvalue weighted by Gasteiger charge is -2.08. The van der Waals surface area contributed by atoms with E-state index in [0.717, 1.165) is 18.5 Å². The minimum absolute atomic E-state index is 0.305. The molecule has 0 unspecified atom stereocenters. The molecule has 0 aliphatic heterocycles. The standard InChI is InChI=1S/C16H16FN3/c1-2-5-19-9-12-3-4-16(17)15(7-12)14-6-13(8-18)10-20-11-14/h3-4,6-7,10-11,19H,2,5,9H2,1H3. The van der Waals surface area contributed by atoms with Crippen LogP contribution in [0, 0.1) is 17.1 Å². The Bertz CT molecular complexity index is 632. The quantitative estimate of drug-likeness (QED) is 0.847. The molecule has 0 bridgehead atoms. The maximum atomic E-state index is 13.9. The van der Waals surface area contributed by atoms with Crippen molar-refractivity contribution in [1.82, 2.24) is 10.3 Å². The van der Waals surface area contributed by atoms with Crippen molar-refractivity contribution in [1.29, 1.82) is 5.26 Å². The van der Waals surface area contributed by atoms with Gasteiger partial charge < -0.3 is 5.32 Å². The van der Waals surface area contributed by atoms with Crippen LogP contribution in [0.3, 0.4) is 0 Å². The Balaban J connectivity index is 2.30. The van der Waals surface area contributed by atoms with E-state index >= 15 is 0 Å². The number of benzene rings is 1. The van der Waals surface area contributed by atoms with Gasteiger partial charge in [0.05, 0.1) is 5.56 Å². The van der Waals surface area contributed by atoms with Crippen LogP contribution in [0.25, 0.3) is 11.1 Å². The van der Waals surface area contributed by atoms with Gasteiger partial charge in [-0.25, -0.2) is 4.39 Å².